The van der Waals surface area contributed by atoms with E-state index in [9.17, 15) is 14.7 Å². The maximum absolute atomic E-state index is 12.7. The molecule has 29 heavy (non-hydrogen) atoms. The average molecular weight is 397 g/mol. The highest BCUT2D eigenvalue weighted by molar-refractivity contribution is 5.88. The number of aliphatic carboxylic acids is 1. The summed E-state index contributed by atoms with van der Waals surface area (Å²) in [6, 6.07) is 11.9. The molecule has 0 aliphatic heterocycles. The van der Waals surface area contributed by atoms with Crippen molar-refractivity contribution in [1.29, 1.82) is 0 Å². The first-order chi connectivity index (χ1) is 13.9. The van der Waals surface area contributed by atoms with Gasteiger partial charge in [-0.15, -0.1) is 0 Å². The quantitative estimate of drug-likeness (QED) is 0.605. The van der Waals surface area contributed by atoms with Crippen molar-refractivity contribution < 1.29 is 24.2 Å². The SMILES string of the molecule is COc1ccc(C(CC(=O)O)NC(=O)Cc2nn(C)c3ccccc23)c(OC)c1. The molecular formula is C21H23N3O5. The molecule has 0 spiro atoms. The number of aromatic nitrogens is 2. The molecule has 8 nitrogen and oxygen atoms in total. The Kier molecular flexibility index (Phi) is 6.01. The van der Waals surface area contributed by atoms with Gasteiger partial charge in [0.25, 0.3) is 0 Å². The van der Waals surface area contributed by atoms with Gasteiger partial charge in [-0.3, -0.25) is 14.3 Å². The molecule has 1 aromatic heterocycles. The van der Waals surface area contributed by atoms with Gasteiger partial charge in [0.2, 0.25) is 5.91 Å². The lowest BCUT2D eigenvalue weighted by Gasteiger charge is -2.20. The number of benzene rings is 2. The van der Waals surface area contributed by atoms with E-state index in [0.717, 1.165) is 10.9 Å². The van der Waals surface area contributed by atoms with E-state index in [4.69, 9.17) is 9.47 Å². The molecule has 0 aliphatic carbocycles. The molecule has 3 aromatic rings. The van der Waals surface area contributed by atoms with E-state index in [1.165, 1.54) is 14.2 Å². The van der Waals surface area contributed by atoms with Crippen molar-refractivity contribution in [2.75, 3.05) is 14.2 Å². The lowest BCUT2D eigenvalue weighted by Crippen LogP contribution is -2.31. The molecule has 152 valence electrons. The van der Waals surface area contributed by atoms with Gasteiger partial charge < -0.3 is 19.9 Å². The molecule has 1 atom stereocenters. The van der Waals surface area contributed by atoms with E-state index < -0.39 is 12.0 Å². The summed E-state index contributed by atoms with van der Waals surface area (Å²) < 4.78 is 12.3. The number of rotatable bonds is 8. The summed E-state index contributed by atoms with van der Waals surface area (Å²) in [4.78, 5) is 24.1. The van der Waals surface area contributed by atoms with Gasteiger partial charge in [0.15, 0.2) is 0 Å². The highest BCUT2D eigenvalue weighted by atomic mass is 16.5. The van der Waals surface area contributed by atoms with Gasteiger partial charge >= 0.3 is 5.97 Å². The van der Waals surface area contributed by atoms with Gasteiger partial charge in [0, 0.05) is 24.1 Å². The lowest BCUT2D eigenvalue weighted by atomic mass is 10.0. The number of fused-ring (bicyclic) bond motifs is 1. The van der Waals surface area contributed by atoms with Gasteiger partial charge in [-0.25, -0.2) is 0 Å². The monoisotopic (exact) mass is 397 g/mol. The summed E-state index contributed by atoms with van der Waals surface area (Å²) in [5, 5.41) is 17.4. The maximum atomic E-state index is 12.7. The Morgan fingerprint density at radius 1 is 1.17 bits per heavy atom. The zero-order chi connectivity index (χ0) is 21.0. The van der Waals surface area contributed by atoms with Crippen LogP contribution in [0.4, 0.5) is 0 Å². The van der Waals surface area contributed by atoms with E-state index in [0.29, 0.717) is 22.8 Å². The van der Waals surface area contributed by atoms with Crippen LogP contribution in [0.15, 0.2) is 42.5 Å². The van der Waals surface area contributed by atoms with Crippen LogP contribution in [0.25, 0.3) is 10.9 Å². The van der Waals surface area contributed by atoms with Crippen LogP contribution in [-0.4, -0.2) is 41.0 Å². The van der Waals surface area contributed by atoms with Crippen LogP contribution in [-0.2, 0) is 23.1 Å². The number of para-hydroxylation sites is 1. The highest BCUT2D eigenvalue weighted by Gasteiger charge is 2.23. The predicted octanol–water partition coefficient (Wildman–Crippen LogP) is 2.47. The third-order valence-electron chi connectivity index (χ3n) is 4.69. The minimum absolute atomic E-state index is 0.0376. The molecule has 0 aliphatic rings. The third kappa shape index (κ3) is 4.48. The Morgan fingerprint density at radius 2 is 1.93 bits per heavy atom. The predicted molar refractivity (Wildman–Crippen MR) is 107 cm³/mol. The van der Waals surface area contributed by atoms with Gasteiger partial charge in [0.1, 0.15) is 11.5 Å². The largest absolute Gasteiger partial charge is 0.497 e. The van der Waals surface area contributed by atoms with Crippen LogP contribution >= 0.6 is 0 Å². The van der Waals surface area contributed by atoms with Crippen molar-refractivity contribution in [2.45, 2.75) is 18.9 Å². The number of amides is 1. The van der Waals surface area contributed by atoms with Gasteiger partial charge in [0.05, 0.1) is 44.3 Å². The molecule has 0 saturated carbocycles. The number of hydrogen-bond acceptors (Lipinski definition) is 5. The van der Waals surface area contributed by atoms with E-state index in [1.54, 1.807) is 22.9 Å². The molecule has 0 bridgehead atoms. The smallest absolute Gasteiger partial charge is 0.305 e. The van der Waals surface area contributed by atoms with Gasteiger partial charge in [-0.1, -0.05) is 18.2 Å². The number of carboxylic acids is 1. The number of nitrogens with zero attached hydrogens (tertiary/aromatic N) is 2. The van der Waals surface area contributed by atoms with Crippen molar-refractivity contribution in [1.82, 2.24) is 15.1 Å². The van der Waals surface area contributed by atoms with Gasteiger partial charge in [-0.2, -0.15) is 5.10 Å². The summed E-state index contributed by atoms with van der Waals surface area (Å²) in [6.45, 7) is 0. The second kappa shape index (κ2) is 8.64. The van der Waals surface area contributed by atoms with Crippen LogP contribution in [0.3, 0.4) is 0 Å². The third-order valence-corrected chi connectivity index (χ3v) is 4.69. The van der Waals surface area contributed by atoms with Crippen LogP contribution in [0, 0.1) is 0 Å². The molecule has 2 aromatic carbocycles. The first kappa shape index (κ1) is 20.2. The average Bonchev–Trinajstić information content (AvgIpc) is 3.02. The second-order valence-corrected chi connectivity index (χ2v) is 6.59. The molecule has 1 amide bonds. The summed E-state index contributed by atoms with van der Waals surface area (Å²) in [5.41, 5.74) is 2.13. The Hall–Kier alpha value is -3.55. The first-order valence-electron chi connectivity index (χ1n) is 9.06. The van der Waals surface area contributed by atoms with E-state index in [1.807, 2.05) is 31.3 Å². The zero-order valence-corrected chi connectivity index (χ0v) is 16.5. The van der Waals surface area contributed by atoms with E-state index in [2.05, 4.69) is 10.4 Å². The molecule has 1 heterocycles. The summed E-state index contributed by atoms with van der Waals surface area (Å²) in [5.74, 6) is -0.334. The molecular weight excluding hydrogens is 374 g/mol. The molecule has 2 N–H and O–H groups in total. The number of carbonyl (C=O) groups is 2. The zero-order valence-electron chi connectivity index (χ0n) is 16.5. The van der Waals surface area contributed by atoms with Gasteiger partial charge in [-0.05, 0) is 18.2 Å². The van der Waals surface area contributed by atoms with Crippen molar-refractivity contribution in [3.63, 3.8) is 0 Å². The van der Waals surface area contributed by atoms with E-state index in [-0.39, 0.29) is 18.7 Å². The molecule has 0 fully saturated rings. The maximum Gasteiger partial charge on any atom is 0.305 e. The normalized spacial score (nSPS) is 11.8. The summed E-state index contributed by atoms with van der Waals surface area (Å²) in [7, 11) is 4.83. The Balaban J connectivity index is 1.85. The minimum atomic E-state index is -1.03. The first-order valence-corrected chi connectivity index (χ1v) is 9.06. The van der Waals surface area contributed by atoms with Crippen LogP contribution in [0.1, 0.15) is 23.7 Å². The fourth-order valence-electron chi connectivity index (χ4n) is 3.34. The van der Waals surface area contributed by atoms with Crippen molar-refractivity contribution >= 4 is 22.8 Å². The Bertz CT molecular complexity index is 1040. The van der Waals surface area contributed by atoms with Crippen molar-refractivity contribution in [2.24, 2.45) is 7.05 Å². The van der Waals surface area contributed by atoms with Crippen LogP contribution < -0.4 is 14.8 Å². The fraction of sp³-hybridized carbons (Fsp3) is 0.286. The number of hydrogen-bond donors (Lipinski definition) is 2. The van der Waals surface area contributed by atoms with Crippen LogP contribution in [0.2, 0.25) is 0 Å². The van der Waals surface area contributed by atoms with Crippen LogP contribution in [0.5, 0.6) is 11.5 Å². The Morgan fingerprint density at radius 3 is 2.62 bits per heavy atom. The van der Waals surface area contributed by atoms with Crippen molar-refractivity contribution in [3.8, 4) is 11.5 Å². The molecule has 0 radical (unpaired) electrons. The number of methoxy groups -OCH3 is 2. The fourth-order valence-corrected chi connectivity index (χ4v) is 3.34. The topological polar surface area (TPSA) is 103 Å². The van der Waals surface area contributed by atoms with E-state index >= 15 is 0 Å². The summed E-state index contributed by atoms with van der Waals surface area (Å²) >= 11 is 0. The number of carboxylic acid groups (broad SMARTS) is 1. The number of carbonyl (C=O) groups excluding carboxylic acids is 1. The molecule has 8 heteroatoms. The van der Waals surface area contributed by atoms with Crippen molar-refractivity contribution in [3.05, 3.63) is 53.7 Å². The molecule has 1 unspecified atom stereocenters. The number of ether oxygens (including phenoxy) is 2. The number of nitrogens with one attached hydrogen (secondary N) is 1. The second-order valence-electron chi connectivity index (χ2n) is 6.59. The lowest BCUT2D eigenvalue weighted by molar-refractivity contribution is -0.137. The number of aryl methyl sites for hydroxylation is 1. The Labute approximate surface area is 168 Å². The highest BCUT2D eigenvalue weighted by Crippen LogP contribution is 2.31. The standard InChI is InChI=1S/C21H23N3O5/c1-24-18-7-5-4-6-14(18)17(23-24)11-20(25)22-16(12-21(26)27)15-9-8-13(28-2)10-19(15)29-3/h4-10,16H,11-12H2,1-3H3,(H,22,25)(H,26,27). The molecule has 3 rings (SSSR count). The summed E-state index contributed by atoms with van der Waals surface area (Å²) in [6.07, 6.45) is -0.243. The molecule has 0 saturated heterocycles. The minimum Gasteiger partial charge on any atom is -0.497 e.